The van der Waals surface area contributed by atoms with E-state index in [9.17, 15) is 22.8 Å². The zero-order valence-electron chi connectivity index (χ0n) is 21.4. The van der Waals surface area contributed by atoms with Crippen LogP contribution < -0.4 is 15.1 Å². The van der Waals surface area contributed by atoms with Gasteiger partial charge in [-0.05, 0) is 73.9 Å². The molecule has 4 aromatic rings. The van der Waals surface area contributed by atoms with Gasteiger partial charge in [-0.3, -0.25) is 0 Å². The van der Waals surface area contributed by atoms with E-state index in [1.54, 1.807) is 30.3 Å². The van der Waals surface area contributed by atoms with Gasteiger partial charge in [0.05, 0.1) is 5.56 Å². The Bertz CT molecular complexity index is 1500. The molecule has 0 fully saturated rings. The second-order valence-corrected chi connectivity index (χ2v) is 10.1. The first-order chi connectivity index (χ1) is 18.5. The number of para-hydroxylation sites is 1. The minimum absolute atomic E-state index is 0.00300. The van der Waals surface area contributed by atoms with Crippen LogP contribution in [0, 0.1) is 20.8 Å². The Morgan fingerprint density at radius 2 is 1.51 bits per heavy atom. The lowest BCUT2D eigenvalue weighted by Gasteiger charge is -2.15. The average molecular weight is 555 g/mol. The lowest BCUT2D eigenvalue weighted by molar-refractivity contribution is -0.137. The van der Waals surface area contributed by atoms with Gasteiger partial charge in [0.2, 0.25) is 0 Å². The highest BCUT2D eigenvalue weighted by Crippen LogP contribution is 2.35. The summed E-state index contributed by atoms with van der Waals surface area (Å²) < 4.78 is 54.8. The van der Waals surface area contributed by atoms with Crippen molar-refractivity contribution in [1.82, 2.24) is 0 Å². The fraction of sp³-hybridized carbons (Fsp3) is 0.200. The largest absolute Gasteiger partial charge is 0.519 e. The summed E-state index contributed by atoms with van der Waals surface area (Å²) in [5.74, 6) is 0.942. The van der Waals surface area contributed by atoms with E-state index in [4.69, 9.17) is 13.9 Å². The number of benzene rings is 3. The van der Waals surface area contributed by atoms with Crippen molar-refractivity contribution in [2.45, 2.75) is 38.3 Å². The molecule has 0 amide bonds. The van der Waals surface area contributed by atoms with Crippen LogP contribution in [-0.2, 0) is 12.6 Å². The van der Waals surface area contributed by atoms with Gasteiger partial charge in [-0.1, -0.05) is 35.9 Å². The maximum absolute atomic E-state index is 13.2. The van der Waals surface area contributed by atoms with Crippen LogP contribution in [0.2, 0.25) is 0 Å². The number of hydrogen-bond donors (Lipinski definition) is 0. The van der Waals surface area contributed by atoms with E-state index in [-0.39, 0.29) is 29.2 Å². The highest BCUT2D eigenvalue weighted by molar-refractivity contribution is 7.99. The molecule has 0 atom stereocenters. The second-order valence-electron chi connectivity index (χ2n) is 8.90. The third-order valence-electron chi connectivity index (χ3n) is 5.83. The molecule has 0 aliphatic rings. The number of carbonyl (C=O) groups is 1. The summed E-state index contributed by atoms with van der Waals surface area (Å²) in [6.45, 7) is 5.66. The first kappa shape index (κ1) is 28.0. The topological polar surface area (TPSA) is 65.7 Å². The minimum atomic E-state index is -4.40. The van der Waals surface area contributed by atoms with Gasteiger partial charge in [0.15, 0.2) is 5.75 Å². The van der Waals surface area contributed by atoms with Crippen LogP contribution in [0.4, 0.5) is 18.0 Å². The predicted molar refractivity (Wildman–Crippen MR) is 144 cm³/mol. The predicted octanol–water partition coefficient (Wildman–Crippen LogP) is 8.16. The van der Waals surface area contributed by atoms with Gasteiger partial charge in [-0.15, -0.1) is 11.8 Å². The molecule has 1 aromatic heterocycles. The van der Waals surface area contributed by atoms with Gasteiger partial charge < -0.3 is 13.9 Å². The maximum Gasteiger partial charge on any atom is 0.519 e. The number of carbonyl (C=O) groups excluding carboxylic acids is 1. The molecule has 0 saturated carbocycles. The molecule has 4 rings (SSSR count). The number of alkyl halides is 3. The van der Waals surface area contributed by atoms with E-state index in [2.05, 4.69) is 0 Å². The van der Waals surface area contributed by atoms with Crippen LogP contribution in [-0.4, -0.2) is 11.9 Å². The number of thioether (sulfide) groups is 1. The maximum atomic E-state index is 13.2. The van der Waals surface area contributed by atoms with Gasteiger partial charge in [-0.2, -0.15) is 13.2 Å². The van der Waals surface area contributed by atoms with Gasteiger partial charge in [0.1, 0.15) is 17.1 Å². The summed E-state index contributed by atoms with van der Waals surface area (Å²) in [7, 11) is 0. The molecule has 0 radical (unpaired) electrons. The number of rotatable bonds is 7. The van der Waals surface area contributed by atoms with Crippen LogP contribution in [0.25, 0.3) is 11.1 Å². The first-order valence-electron chi connectivity index (χ1n) is 12.0. The third-order valence-corrected chi connectivity index (χ3v) is 6.84. The molecule has 0 aliphatic heterocycles. The monoisotopic (exact) mass is 554 g/mol. The van der Waals surface area contributed by atoms with E-state index >= 15 is 0 Å². The Morgan fingerprint density at radius 1 is 0.872 bits per heavy atom. The molecule has 0 aliphatic carbocycles. The molecule has 0 N–H and O–H groups in total. The Morgan fingerprint density at radius 3 is 2.13 bits per heavy atom. The molecule has 0 bridgehead atoms. The van der Waals surface area contributed by atoms with Crippen molar-refractivity contribution in [3.63, 3.8) is 0 Å². The number of hydrogen-bond acceptors (Lipinski definition) is 6. The molecular weight excluding hydrogens is 529 g/mol. The molecule has 1 heterocycles. The molecule has 202 valence electrons. The molecule has 9 heteroatoms. The van der Waals surface area contributed by atoms with Crippen molar-refractivity contribution in [3.05, 3.63) is 111 Å². The second kappa shape index (κ2) is 11.8. The average Bonchev–Trinajstić information content (AvgIpc) is 2.85. The van der Waals surface area contributed by atoms with Crippen LogP contribution in [0.3, 0.4) is 0 Å². The highest BCUT2D eigenvalue weighted by Gasteiger charge is 2.30. The summed E-state index contributed by atoms with van der Waals surface area (Å²) in [5.41, 5.74) is 1.94. The fourth-order valence-electron chi connectivity index (χ4n) is 4.23. The van der Waals surface area contributed by atoms with Gasteiger partial charge in [-0.25, -0.2) is 9.59 Å². The van der Waals surface area contributed by atoms with Crippen LogP contribution >= 0.6 is 11.8 Å². The highest BCUT2D eigenvalue weighted by atomic mass is 32.2. The van der Waals surface area contributed by atoms with Crippen molar-refractivity contribution in [2.24, 2.45) is 0 Å². The van der Waals surface area contributed by atoms with E-state index in [1.807, 2.05) is 32.9 Å². The van der Waals surface area contributed by atoms with Crippen molar-refractivity contribution >= 4 is 17.9 Å². The van der Waals surface area contributed by atoms with E-state index in [0.29, 0.717) is 16.2 Å². The number of halogens is 3. The van der Waals surface area contributed by atoms with E-state index in [1.165, 1.54) is 30.0 Å². The number of aryl methyl sites for hydroxylation is 4. The van der Waals surface area contributed by atoms with Crippen molar-refractivity contribution < 1.29 is 31.9 Å². The van der Waals surface area contributed by atoms with Crippen molar-refractivity contribution in [3.8, 4) is 22.6 Å². The van der Waals surface area contributed by atoms with Crippen LogP contribution in [0.1, 0.15) is 28.0 Å². The summed E-state index contributed by atoms with van der Waals surface area (Å²) in [6, 6.07) is 18.5. The minimum Gasteiger partial charge on any atom is -0.427 e. The summed E-state index contributed by atoms with van der Waals surface area (Å²) in [6.07, 6.45) is -5.15. The molecule has 5 nitrogen and oxygen atoms in total. The molecule has 39 heavy (non-hydrogen) atoms. The quantitative estimate of drug-likeness (QED) is 0.130. The first-order valence-corrected chi connectivity index (χ1v) is 13.0. The standard InChI is InChI=1S/C30H25F3O5S/c1-18-15-19(2)26(20(3)16-18)27-25(38-29(35)37-22-7-5-4-6-8-22)17-23(36-28(27)34)13-14-39-24-11-9-21(10-12-24)30(31,32)33/h4-12,15-17H,13-14H2,1-3H3. The normalized spacial score (nSPS) is 11.3. The van der Waals surface area contributed by atoms with Crippen LogP contribution in [0.5, 0.6) is 11.5 Å². The SMILES string of the molecule is Cc1cc(C)c(-c2c(OC(=O)Oc3ccccc3)cc(CCSc3ccc(C(F)(F)F)cc3)oc2=O)c(C)c1. The summed E-state index contributed by atoms with van der Waals surface area (Å²) in [4.78, 5) is 26.5. The number of ether oxygens (including phenoxy) is 2. The molecule has 0 saturated heterocycles. The zero-order valence-corrected chi connectivity index (χ0v) is 22.2. The lowest BCUT2D eigenvalue weighted by atomic mass is 9.94. The van der Waals surface area contributed by atoms with Crippen molar-refractivity contribution in [1.29, 1.82) is 0 Å². The van der Waals surface area contributed by atoms with Gasteiger partial charge in [0, 0.05) is 23.1 Å². The third kappa shape index (κ3) is 7.11. The summed E-state index contributed by atoms with van der Waals surface area (Å²) >= 11 is 1.31. The molecule has 0 unspecified atom stereocenters. The molecule has 3 aromatic carbocycles. The Balaban J connectivity index is 1.60. The van der Waals surface area contributed by atoms with Gasteiger partial charge >= 0.3 is 18.0 Å². The zero-order chi connectivity index (χ0) is 28.2. The van der Waals surface area contributed by atoms with Gasteiger partial charge in [0.25, 0.3) is 0 Å². The summed E-state index contributed by atoms with van der Waals surface area (Å²) in [5, 5.41) is 0. The Kier molecular flexibility index (Phi) is 8.50. The van der Waals surface area contributed by atoms with Crippen molar-refractivity contribution in [2.75, 3.05) is 5.75 Å². The lowest BCUT2D eigenvalue weighted by Crippen LogP contribution is -2.17. The Hall–Kier alpha value is -3.98. The fourth-order valence-corrected chi connectivity index (χ4v) is 5.09. The molecular formula is C30H25F3O5S. The molecule has 0 spiro atoms. The van der Waals surface area contributed by atoms with E-state index in [0.717, 1.165) is 28.8 Å². The van der Waals surface area contributed by atoms with E-state index < -0.39 is 23.5 Å². The smallest absolute Gasteiger partial charge is 0.427 e. The van der Waals surface area contributed by atoms with Crippen LogP contribution in [0.15, 0.2) is 86.9 Å². The Labute approximate surface area is 227 Å².